The predicted octanol–water partition coefficient (Wildman–Crippen LogP) is 2.42. The summed E-state index contributed by atoms with van der Waals surface area (Å²) in [5, 5.41) is 7.27. The summed E-state index contributed by atoms with van der Waals surface area (Å²) in [7, 11) is 0. The van der Waals surface area contributed by atoms with Gasteiger partial charge < -0.3 is 10.1 Å². The molecule has 4 rings (SSSR count). The largest absolute Gasteiger partial charge is 0.458 e. The van der Waals surface area contributed by atoms with Crippen molar-refractivity contribution in [2.45, 2.75) is 50.8 Å². The van der Waals surface area contributed by atoms with Crippen LogP contribution in [-0.4, -0.2) is 27.3 Å². The molecule has 1 aromatic carbocycles. The van der Waals surface area contributed by atoms with Crippen molar-refractivity contribution >= 4 is 11.9 Å². The Morgan fingerprint density at radius 2 is 2.00 bits per heavy atom. The first-order valence-corrected chi connectivity index (χ1v) is 9.20. The molecular weight excluding hydrogens is 330 g/mol. The number of ether oxygens (including phenoxy) is 1. The third-order valence-corrected chi connectivity index (χ3v) is 5.55. The molecule has 6 nitrogen and oxygen atoms in total. The van der Waals surface area contributed by atoms with Gasteiger partial charge in [-0.3, -0.25) is 14.3 Å². The van der Waals surface area contributed by atoms with Gasteiger partial charge in [-0.2, -0.15) is 5.10 Å². The standard InChI is InChI=1S/C20H23N3O3/c24-18-12-17(20(26-18)8-3-4-9-20)19(25)21-13-15-6-1-2-7-16(15)14-23-11-5-10-22-23/h1-2,5-7,10-11,17H,3-4,8-9,12-14H2,(H,21,25)/t17-/m1/s1. The minimum atomic E-state index is -0.560. The summed E-state index contributed by atoms with van der Waals surface area (Å²) in [5.74, 6) is -0.687. The fourth-order valence-corrected chi connectivity index (χ4v) is 4.21. The molecule has 2 aliphatic rings. The van der Waals surface area contributed by atoms with E-state index in [0.717, 1.165) is 36.8 Å². The quantitative estimate of drug-likeness (QED) is 0.838. The van der Waals surface area contributed by atoms with Gasteiger partial charge in [0.1, 0.15) is 5.60 Å². The second kappa shape index (κ2) is 6.94. The van der Waals surface area contributed by atoms with Crippen molar-refractivity contribution in [3.8, 4) is 0 Å². The molecule has 1 spiro atoms. The molecule has 1 N–H and O–H groups in total. The van der Waals surface area contributed by atoms with E-state index in [1.807, 2.05) is 41.2 Å². The number of benzene rings is 1. The number of hydrogen-bond acceptors (Lipinski definition) is 4. The van der Waals surface area contributed by atoms with Gasteiger partial charge in [0, 0.05) is 18.9 Å². The number of esters is 1. The van der Waals surface area contributed by atoms with Crippen LogP contribution in [0, 0.1) is 5.92 Å². The molecule has 26 heavy (non-hydrogen) atoms. The third-order valence-electron chi connectivity index (χ3n) is 5.55. The van der Waals surface area contributed by atoms with E-state index in [1.54, 1.807) is 6.20 Å². The highest BCUT2D eigenvalue weighted by Crippen LogP contribution is 2.45. The van der Waals surface area contributed by atoms with Gasteiger partial charge in [-0.15, -0.1) is 0 Å². The summed E-state index contributed by atoms with van der Waals surface area (Å²) in [6.45, 7) is 1.10. The summed E-state index contributed by atoms with van der Waals surface area (Å²) in [6.07, 6.45) is 7.50. The van der Waals surface area contributed by atoms with Crippen LogP contribution < -0.4 is 5.32 Å². The third kappa shape index (κ3) is 3.23. The zero-order valence-electron chi connectivity index (χ0n) is 14.7. The Morgan fingerprint density at radius 3 is 2.73 bits per heavy atom. The molecule has 0 radical (unpaired) electrons. The smallest absolute Gasteiger partial charge is 0.307 e. The first-order chi connectivity index (χ1) is 12.7. The number of aromatic nitrogens is 2. The predicted molar refractivity (Wildman–Crippen MR) is 95.0 cm³/mol. The van der Waals surface area contributed by atoms with Crippen molar-refractivity contribution in [2.75, 3.05) is 0 Å². The molecule has 0 bridgehead atoms. The fraction of sp³-hybridized carbons (Fsp3) is 0.450. The van der Waals surface area contributed by atoms with Gasteiger partial charge in [-0.05, 0) is 42.9 Å². The molecule has 1 saturated carbocycles. The number of nitrogens with one attached hydrogen (secondary N) is 1. The molecule has 1 saturated heterocycles. The second-order valence-corrected chi connectivity index (χ2v) is 7.19. The Bertz CT molecular complexity index is 794. The highest BCUT2D eigenvalue weighted by Gasteiger charge is 2.53. The average molecular weight is 353 g/mol. The lowest BCUT2D eigenvalue weighted by atomic mass is 9.85. The Balaban J connectivity index is 1.44. The molecule has 1 aliphatic heterocycles. The van der Waals surface area contributed by atoms with E-state index in [1.165, 1.54) is 0 Å². The minimum Gasteiger partial charge on any atom is -0.458 e. The Hall–Kier alpha value is -2.63. The van der Waals surface area contributed by atoms with E-state index in [4.69, 9.17) is 4.74 Å². The Kier molecular flexibility index (Phi) is 4.49. The lowest BCUT2D eigenvalue weighted by Gasteiger charge is -2.28. The van der Waals surface area contributed by atoms with Gasteiger partial charge in [0.15, 0.2) is 0 Å². The van der Waals surface area contributed by atoms with Crippen LogP contribution in [0.3, 0.4) is 0 Å². The monoisotopic (exact) mass is 353 g/mol. The zero-order valence-corrected chi connectivity index (χ0v) is 14.7. The Labute approximate surface area is 152 Å². The lowest BCUT2D eigenvalue weighted by molar-refractivity contribution is -0.149. The van der Waals surface area contributed by atoms with Crippen LogP contribution in [0.15, 0.2) is 42.7 Å². The molecular formula is C20H23N3O3. The fourth-order valence-electron chi connectivity index (χ4n) is 4.21. The van der Waals surface area contributed by atoms with E-state index in [2.05, 4.69) is 10.4 Å². The summed E-state index contributed by atoms with van der Waals surface area (Å²) in [6, 6.07) is 9.91. The number of carbonyl (C=O) groups excluding carboxylic acids is 2. The second-order valence-electron chi connectivity index (χ2n) is 7.19. The molecule has 2 fully saturated rings. The van der Waals surface area contributed by atoms with Crippen LogP contribution in [0.1, 0.15) is 43.2 Å². The molecule has 1 aliphatic carbocycles. The van der Waals surface area contributed by atoms with Gasteiger partial charge in [0.05, 0.1) is 18.9 Å². The molecule has 6 heteroatoms. The maximum atomic E-state index is 12.8. The topological polar surface area (TPSA) is 73.2 Å². The number of carbonyl (C=O) groups is 2. The first-order valence-electron chi connectivity index (χ1n) is 9.20. The summed E-state index contributed by atoms with van der Waals surface area (Å²) >= 11 is 0. The molecule has 2 aromatic rings. The van der Waals surface area contributed by atoms with Crippen LogP contribution in [0.25, 0.3) is 0 Å². The van der Waals surface area contributed by atoms with Crippen LogP contribution >= 0.6 is 0 Å². The molecule has 0 unspecified atom stereocenters. The molecule has 2 heterocycles. The van der Waals surface area contributed by atoms with Crippen LogP contribution in [0.5, 0.6) is 0 Å². The van der Waals surface area contributed by atoms with E-state index in [9.17, 15) is 9.59 Å². The zero-order chi connectivity index (χ0) is 18.0. The maximum Gasteiger partial charge on any atom is 0.307 e. The summed E-state index contributed by atoms with van der Waals surface area (Å²) < 4.78 is 7.44. The van der Waals surface area contributed by atoms with E-state index in [0.29, 0.717) is 13.1 Å². The van der Waals surface area contributed by atoms with Crippen molar-refractivity contribution in [3.05, 3.63) is 53.9 Å². The van der Waals surface area contributed by atoms with E-state index < -0.39 is 5.60 Å². The minimum absolute atomic E-state index is 0.0772. The Morgan fingerprint density at radius 1 is 1.23 bits per heavy atom. The maximum absolute atomic E-state index is 12.8. The van der Waals surface area contributed by atoms with Crippen molar-refractivity contribution in [2.24, 2.45) is 5.92 Å². The van der Waals surface area contributed by atoms with Gasteiger partial charge in [0.2, 0.25) is 5.91 Å². The number of amides is 1. The number of nitrogens with zero attached hydrogens (tertiary/aromatic N) is 2. The summed E-state index contributed by atoms with van der Waals surface area (Å²) in [5.41, 5.74) is 1.61. The summed E-state index contributed by atoms with van der Waals surface area (Å²) in [4.78, 5) is 24.6. The highest BCUT2D eigenvalue weighted by molar-refractivity contribution is 5.87. The molecule has 1 amide bonds. The van der Waals surface area contributed by atoms with Crippen LogP contribution in [0.4, 0.5) is 0 Å². The van der Waals surface area contributed by atoms with Gasteiger partial charge in [0.25, 0.3) is 0 Å². The molecule has 1 aromatic heterocycles. The van der Waals surface area contributed by atoms with Crippen molar-refractivity contribution < 1.29 is 14.3 Å². The normalized spacial score (nSPS) is 21.1. The average Bonchev–Trinajstić information content (AvgIpc) is 3.37. The SMILES string of the molecule is O=C1C[C@H](C(=O)NCc2ccccc2Cn2cccn2)C2(CCCC2)O1. The van der Waals surface area contributed by atoms with Crippen molar-refractivity contribution in [1.29, 1.82) is 0 Å². The van der Waals surface area contributed by atoms with E-state index in [-0.39, 0.29) is 24.2 Å². The first kappa shape index (κ1) is 16.8. The lowest BCUT2D eigenvalue weighted by Crippen LogP contribution is -2.42. The van der Waals surface area contributed by atoms with Crippen molar-refractivity contribution in [3.63, 3.8) is 0 Å². The van der Waals surface area contributed by atoms with Gasteiger partial charge in [-0.1, -0.05) is 24.3 Å². The van der Waals surface area contributed by atoms with Gasteiger partial charge in [-0.25, -0.2) is 0 Å². The van der Waals surface area contributed by atoms with Crippen LogP contribution in [-0.2, 0) is 27.4 Å². The number of rotatable bonds is 5. The van der Waals surface area contributed by atoms with Gasteiger partial charge >= 0.3 is 5.97 Å². The molecule has 136 valence electrons. The van der Waals surface area contributed by atoms with Crippen molar-refractivity contribution in [1.82, 2.24) is 15.1 Å². The highest BCUT2D eigenvalue weighted by atomic mass is 16.6. The van der Waals surface area contributed by atoms with Crippen LogP contribution in [0.2, 0.25) is 0 Å². The molecule has 1 atom stereocenters. The number of hydrogen-bond donors (Lipinski definition) is 1. The van der Waals surface area contributed by atoms with E-state index >= 15 is 0 Å².